The van der Waals surface area contributed by atoms with Crippen molar-refractivity contribution in [2.45, 2.75) is 4.84 Å². The van der Waals surface area contributed by atoms with Crippen LogP contribution in [0.2, 0.25) is 0 Å². The van der Waals surface area contributed by atoms with Crippen molar-refractivity contribution >= 4 is 76.3 Å². The van der Waals surface area contributed by atoms with Gasteiger partial charge in [-0.1, -0.05) is 23.2 Å². The summed E-state index contributed by atoms with van der Waals surface area (Å²) in [5.74, 6) is -2.27. The van der Waals surface area contributed by atoms with Gasteiger partial charge in [0.1, 0.15) is 5.88 Å². The van der Waals surface area contributed by atoms with Crippen LogP contribution in [0.5, 0.6) is 0 Å². The van der Waals surface area contributed by atoms with Crippen molar-refractivity contribution in [3.63, 3.8) is 0 Å². The Labute approximate surface area is 101 Å². The Morgan fingerprint density at radius 1 is 1.36 bits per heavy atom. The van der Waals surface area contributed by atoms with E-state index in [4.69, 9.17) is 34.8 Å². The van der Waals surface area contributed by atoms with Gasteiger partial charge in [-0.05, 0) is 0 Å². The molecule has 7 heteroatoms. The van der Waals surface area contributed by atoms with Crippen LogP contribution in [0.1, 0.15) is 0 Å². The summed E-state index contributed by atoms with van der Waals surface area (Å²) >= 11 is 15.0. The first kappa shape index (κ1) is 14.5. The average molecular weight is 229 g/mol. The molecule has 0 aliphatic carbocycles. The van der Waals surface area contributed by atoms with Crippen LogP contribution < -0.4 is 0 Å². The molecule has 0 bridgehead atoms. The molecule has 0 aromatic rings. The molecule has 11 heavy (non-hydrogen) atoms. The predicted octanol–water partition coefficient (Wildman–Crippen LogP) is 0.450. The van der Waals surface area contributed by atoms with Gasteiger partial charge in [0.15, 0.2) is 0 Å². The number of ether oxygens (including phenoxy) is 1. The second-order valence-corrected chi connectivity index (χ2v) is 2.59. The fourth-order valence-electron chi connectivity index (χ4n) is 0.184. The van der Waals surface area contributed by atoms with E-state index in [9.17, 15) is 9.59 Å². The van der Waals surface area contributed by atoms with Crippen molar-refractivity contribution in [2.75, 3.05) is 5.88 Å². The number of hydrogen-bond donors (Lipinski definition) is 0. The maximum absolute atomic E-state index is 10.3. The second kappa shape index (κ2) is 7.65. The third-order valence-electron chi connectivity index (χ3n) is 0.502. The van der Waals surface area contributed by atoms with Gasteiger partial charge >= 0.3 is 41.5 Å². The molecule has 0 fully saturated rings. The molecular weight excluding hydrogens is 225 g/mol. The second-order valence-electron chi connectivity index (χ2n) is 1.23. The molecule has 0 aromatic carbocycles. The van der Waals surface area contributed by atoms with E-state index >= 15 is 0 Å². The van der Waals surface area contributed by atoms with Gasteiger partial charge in [0.25, 0.3) is 0 Å². The molecule has 0 unspecified atom stereocenters. The molecule has 0 saturated heterocycles. The molecule has 0 heterocycles. The van der Waals surface area contributed by atoms with Gasteiger partial charge in [0.2, 0.25) is 4.84 Å². The van der Waals surface area contributed by atoms with E-state index in [0.717, 1.165) is 0 Å². The summed E-state index contributed by atoms with van der Waals surface area (Å²) < 4.78 is 3.99. The molecule has 0 radical (unpaired) electrons. The zero-order valence-electron chi connectivity index (χ0n) is 4.64. The predicted molar refractivity (Wildman–Crippen MR) is 44.5 cm³/mol. The Bertz CT molecular complexity index is 150. The Hall–Kier alpha value is 1.01. The number of alkyl halides is 3. The van der Waals surface area contributed by atoms with E-state index in [1.807, 2.05) is 0 Å². The van der Waals surface area contributed by atoms with Crippen LogP contribution >= 0.6 is 34.8 Å². The van der Waals surface area contributed by atoms with Gasteiger partial charge in [0.05, 0.1) is 0 Å². The molecule has 3 nitrogen and oxygen atoms in total. The molecule has 60 valence electrons. The first-order valence-corrected chi connectivity index (χ1v) is 3.57. The van der Waals surface area contributed by atoms with E-state index in [1.165, 1.54) is 0 Å². The summed E-state index contributed by atoms with van der Waals surface area (Å²) in [5.41, 5.74) is 0. The molecule has 0 spiro atoms. The summed E-state index contributed by atoms with van der Waals surface area (Å²) in [5, 5.41) is 0. The van der Waals surface area contributed by atoms with Gasteiger partial charge in [0, 0.05) is 0 Å². The number of hydrogen-bond acceptors (Lipinski definition) is 3. The van der Waals surface area contributed by atoms with Crippen molar-refractivity contribution < 1.29 is 14.3 Å². The average Bonchev–Trinajstić information content (AvgIpc) is 1.87. The van der Waals surface area contributed by atoms with Gasteiger partial charge in [-0.2, -0.15) is 0 Å². The van der Waals surface area contributed by atoms with Crippen LogP contribution in [0.15, 0.2) is 0 Å². The molecule has 0 aromatic heterocycles. The van der Waals surface area contributed by atoms with Gasteiger partial charge in [-0.15, -0.1) is 11.6 Å². The minimum atomic E-state index is -1.34. The third kappa shape index (κ3) is 7.37. The standard InChI is InChI=1S/C4H3Cl3O3.Na.H/c5-1-2(8)10-4(9)3(6)7;;/h3H,1H2;;. The molecule has 0 aliphatic heterocycles. The van der Waals surface area contributed by atoms with Gasteiger partial charge in [-0.25, -0.2) is 4.79 Å². The minimum absolute atomic E-state index is 0. The Morgan fingerprint density at radius 2 is 1.82 bits per heavy atom. The van der Waals surface area contributed by atoms with E-state index in [0.29, 0.717) is 0 Å². The molecule has 0 amide bonds. The fourth-order valence-corrected chi connectivity index (χ4v) is 0.328. The molecule has 0 N–H and O–H groups in total. The molecular formula is C4H4Cl3NaO3. The fraction of sp³-hybridized carbons (Fsp3) is 0.500. The monoisotopic (exact) mass is 228 g/mol. The Balaban J connectivity index is 0. The van der Waals surface area contributed by atoms with Crippen LogP contribution in [-0.4, -0.2) is 52.2 Å². The number of rotatable bonds is 2. The first-order chi connectivity index (χ1) is 4.57. The van der Waals surface area contributed by atoms with E-state index in [-0.39, 0.29) is 29.6 Å². The SMILES string of the molecule is O=C(CCl)OC(=O)C(Cl)Cl.[NaH]. The van der Waals surface area contributed by atoms with E-state index in [2.05, 4.69) is 4.74 Å². The van der Waals surface area contributed by atoms with Crippen LogP contribution in [0.3, 0.4) is 0 Å². The van der Waals surface area contributed by atoms with Crippen molar-refractivity contribution in [1.29, 1.82) is 0 Å². The zero-order chi connectivity index (χ0) is 8.15. The van der Waals surface area contributed by atoms with Gasteiger partial charge < -0.3 is 4.74 Å². The number of carbonyl (C=O) groups is 2. The summed E-state index contributed by atoms with van der Waals surface area (Å²) in [6.45, 7) is 0. The summed E-state index contributed by atoms with van der Waals surface area (Å²) in [7, 11) is 0. The quantitative estimate of drug-likeness (QED) is 0.299. The third-order valence-corrected chi connectivity index (χ3v) is 1.08. The zero-order valence-corrected chi connectivity index (χ0v) is 6.91. The van der Waals surface area contributed by atoms with Crippen LogP contribution in [0, 0.1) is 0 Å². The Kier molecular flexibility index (Phi) is 10.1. The van der Waals surface area contributed by atoms with E-state index < -0.39 is 22.7 Å². The maximum atomic E-state index is 10.3. The molecule has 0 atom stereocenters. The van der Waals surface area contributed by atoms with Crippen molar-refractivity contribution in [3.8, 4) is 0 Å². The normalized spacial score (nSPS) is 8.73. The topological polar surface area (TPSA) is 43.4 Å². The van der Waals surface area contributed by atoms with Crippen molar-refractivity contribution in [3.05, 3.63) is 0 Å². The molecule has 0 saturated carbocycles. The number of halogens is 3. The van der Waals surface area contributed by atoms with Crippen LogP contribution in [-0.2, 0) is 14.3 Å². The molecule has 0 aliphatic rings. The van der Waals surface area contributed by atoms with Crippen LogP contribution in [0.4, 0.5) is 0 Å². The van der Waals surface area contributed by atoms with Gasteiger partial charge in [-0.3, -0.25) is 4.79 Å². The van der Waals surface area contributed by atoms with Crippen LogP contribution in [0.25, 0.3) is 0 Å². The number of esters is 2. The van der Waals surface area contributed by atoms with Crippen molar-refractivity contribution in [1.82, 2.24) is 0 Å². The molecule has 0 rings (SSSR count). The van der Waals surface area contributed by atoms with Crippen molar-refractivity contribution in [2.24, 2.45) is 0 Å². The Morgan fingerprint density at radius 3 is 2.09 bits per heavy atom. The number of carbonyl (C=O) groups excluding carboxylic acids is 2. The summed E-state index contributed by atoms with van der Waals surface area (Å²) in [6.07, 6.45) is 0. The van der Waals surface area contributed by atoms with E-state index in [1.54, 1.807) is 0 Å². The first-order valence-electron chi connectivity index (χ1n) is 2.16. The summed E-state index contributed by atoms with van der Waals surface area (Å²) in [6, 6.07) is 0. The summed E-state index contributed by atoms with van der Waals surface area (Å²) in [4.78, 5) is 19.2.